The minimum absolute atomic E-state index is 0.0163. The number of hydrogen-bond acceptors (Lipinski definition) is 6. The van der Waals surface area contributed by atoms with Crippen molar-refractivity contribution in [3.05, 3.63) is 20.8 Å². The fourth-order valence-electron chi connectivity index (χ4n) is 3.91. The number of aromatic nitrogens is 2. The Kier molecular flexibility index (Phi) is 8.70. The number of nitrogen functional groups attached to an aromatic ring is 1. The SMILES string of the molecule is CC(C)CN(CC(=O)NC(=O)NC1CCCCC1)c1c(N)n(CC(C)C)c(=O)[nH]c1=O. The van der Waals surface area contributed by atoms with Crippen LogP contribution < -0.4 is 32.5 Å². The van der Waals surface area contributed by atoms with Crippen molar-refractivity contribution in [1.82, 2.24) is 20.2 Å². The lowest BCUT2D eigenvalue weighted by Gasteiger charge is -2.27. The highest BCUT2D eigenvalue weighted by Gasteiger charge is 2.23. The molecule has 174 valence electrons. The molecule has 2 rings (SSSR count). The highest BCUT2D eigenvalue weighted by Crippen LogP contribution is 2.19. The smallest absolute Gasteiger partial charge is 0.330 e. The number of carbonyl (C=O) groups excluding carboxylic acids is 2. The van der Waals surface area contributed by atoms with Crippen molar-refractivity contribution in [2.75, 3.05) is 23.7 Å². The average molecular weight is 437 g/mol. The molecule has 10 heteroatoms. The summed E-state index contributed by atoms with van der Waals surface area (Å²) in [7, 11) is 0. The average Bonchev–Trinajstić information content (AvgIpc) is 2.64. The van der Waals surface area contributed by atoms with Gasteiger partial charge in [0.15, 0.2) is 0 Å². The number of H-pyrrole nitrogens is 1. The predicted molar refractivity (Wildman–Crippen MR) is 121 cm³/mol. The van der Waals surface area contributed by atoms with Crippen molar-refractivity contribution in [2.24, 2.45) is 11.8 Å². The quantitative estimate of drug-likeness (QED) is 0.485. The van der Waals surface area contributed by atoms with Crippen molar-refractivity contribution in [3.63, 3.8) is 0 Å². The second kappa shape index (κ2) is 11.0. The molecule has 1 aliphatic carbocycles. The molecular weight excluding hydrogens is 400 g/mol. The molecule has 0 spiro atoms. The number of imide groups is 1. The highest BCUT2D eigenvalue weighted by molar-refractivity contribution is 5.96. The molecule has 0 radical (unpaired) electrons. The molecule has 3 amide bonds. The van der Waals surface area contributed by atoms with Gasteiger partial charge in [0.25, 0.3) is 5.56 Å². The lowest BCUT2D eigenvalue weighted by Crippen LogP contribution is -2.49. The van der Waals surface area contributed by atoms with Crippen LogP contribution in [0.4, 0.5) is 16.3 Å². The Bertz CT molecular complexity index is 883. The normalized spacial score (nSPS) is 14.6. The summed E-state index contributed by atoms with van der Waals surface area (Å²) in [4.78, 5) is 53.4. The van der Waals surface area contributed by atoms with Crippen LogP contribution in [0.3, 0.4) is 0 Å². The number of urea groups is 1. The number of nitrogens with two attached hydrogens (primary N) is 1. The largest absolute Gasteiger partial charge is 0.383 e. The van der Waals surface area contributed by atoms with Gasteiger partial charge in [-0.05, 0) is 24.7 Å². The first-order valence-corrected chi connectivity index (χ1v) is 11.1. The Morgan fingerprint density at radius 2 is 1.77 bits per heavy atom. The van der Waals surface area contributed by atoms with E-state index in [1.165, 1.54) is 9.47 Å². The number of nitrogens with zero attached hydrogens (tertiary/aromatic N) is 2. The number of rotatable bonds is 8. The molecule has 0 saturated heterocycles. The van der Waals surface area contributed by atoms with Gasteiger partial charge in [0, 0.05) is 19.1 Å². The Labute approximate surface area is 182 Å². The van der Waals surface area contributed by atoms with E-state index in [2.05, 4.69) is 15.6 Å². The Morgan fingerprint density at radius 1 is 1.13 bits per heavy atom. The molecule has 10 nitrogen and oxygen atoms in total. The number of anilines is 2. The summed E-state index contributed by atoms with van der Waals surface area (Å²) >= 11 is 0. The summed E-state index contributed by atoms with van der Waals surface area (Å²) < 4.78 is 1.31. The second-order valence-corrected chi connectivity index (χ2v) is 9.13. The van der Waals surface area contributed by atoms with Gasteiger partial charge in [-0.1, -0.05) is 47.0 Å². The maximum absolute atomic E-state index is 12.6. The van der Waals surface area contributed by atoms with Crippen LogP contribution in [-0.4, -0.2) is 40.6 Å². The van der Waals surface area contributed by atoms with E-state index in [1.807, 2.05) is 27.7 Å². The van der Waals surface area contributed by atoms with E-state index in [0.29, 0.717) is 13.1 Å². The molecule has 5 N–H and O–H groups in total. The lowest BCUT2D eigenvalue weighted by atomic mass is 9.96. The third-order valence-electron chi connectivity index (χ3n) is 5.19. The Morgan fingerprint density at radius 3 is 2.35 bits per heavy atom. The van der Waals surface area contributed by atoms with Crippen LogP contribution in [-0.2, 0) is 11.3 Å². The molecular formula is C21H36N6O4. The van der Waals surface area contributed by atoms with Gasteiger partial charge >= 0.3 is 11.7 Å². The molecule has 1 heterocycles. The molecule has 1 aromatic heterocycles. The van der Waals surface area contributed by atoms with Gasteiger partial charge in [0.2, 0.25) is 5.91 Å². The summed E-state index contributed by atoms with van der Waals surface area (Å²) in [6.07, 6.45) is 5.11. The minimum atomic E-state index is -0.650. The van der Waals surface area contributed by atoms with Gasteiger partial charge in [-0.2, -0.15) is 0 Å². The molecule has 0 aliphatic heterocycles. The highest BCUT2D eigenvalue weighted by atomic mass is 16.2. The zero-order chi connectivity index (χ0) is 23.1. The van der Waals surface area contributed by atoms with E-state index in [9.17, 15) is 19.2 Å². The fraction of sp³-hybridized carbons (Fsp3) is 0.714. The summed E-state index contributed by atoms with van der Waals surface area (Å²) in [6.45, 7) is 8.19. The second-order valence-electron chi connectivity index (χ2n) is 9.13. The minimum Gasteiger partial charge on any atom is -0.383 e. The number of carbonyl (C=O) groups is 2. The Hall–Kier alpha value is -2.78. The van der Waals surface area contributed by atoms with Gasteiger partial charge in [-0.25, -0.2) is 9.59 Å². The first kappa shape index (κ1) is 24.5. The van der Waals surface area contributed by atoms with E-state index >= 15 is 0 Å². The maximum atomic E-state index is 12.6. The molecule has 0 unspecified atom stereocenters. The summed E-state index contributed by atoms with van der Waals surface area (Å²) in [5, 5.41) is 5.18. The molecule has 31 heavy (non-hydrogen) atoms. The van der Waals surface area contributed by atoms with Crippen molar-refractivity contribution >= 4 is 23.4 Å². The van der Waals surface area contributed by atoms with Crippen LogP contribution in [0, 0.1) is 11.8 Å². The molecule has 0 bridgehead atoms. The van der Waals surface area contributed by atoms with E-state index in [-0.39, 0.29) is 35.9 Å². The van der Waals surface area contributed by atoms with Crippen molar-refractivity contribution in [1.29, 1.82) is 0 Å². The number of aromatic amines is 1. The van der Waals surface area contributed by atoms with E-state index in [1.54, 1.807) is 0 Å². The van der Waals surface area contributed by atoms with Crippen molar-refractivity contribution in [3.8, 4) is 0 Å². The van der Waals surface area contributed by atoms with Crippen LogP contribution in [0.2, 0.25) is 0 Å². The predicted octanol–water partition coefficient (Wildman–Crippen LogP) is 1.40. The van der Waals surface area contributed by atoms with Gasteiger partial charge < -0.3 is 16.0 Å². The van der Waals surface area contributed by atoms with E-state index in [0.717, 1.165) is 32.1 Å². The third-order valence-corrected chi connectivity index (χ3v) is 5.19. The van der Waals surface area contributed by atoms with Crippen LogP contribution in [0.15, 0.2) is 9.59 Å². The monoisotopic (exact) mass is 436 g/mol. The van der Waals surface area contributed by atoms with Gasteiger partial charge in [-0.3, -0.25) is 24.5 Å². The summed E-state index contributed by atoms with van der Waals surface area (Å²) in [6, 6.07) is -0.459. The summed E-state index contributed by atoms with van der Waals surface area (Å²) in [5.41, 5.74) is 5.03. The van der Waals surface area contributed by atoms with Crippen LogP contribution in [0.5, 0.6) is 0 Å². The van der Waals surface area contributed by atoms with Crippen LogP contribution in [0.25, 0.3) is 0 Å². The van der Waals surface area contributed by atoms with Crippen molar-refractivity contribution in [2.45, 2.75) is 72.4 Å². The third kappa shape index (κ3) is 7.15. The Balaban J connectivity index is 2.19. The first-order valence-electron chi connectivity index (χ1n) is 11.1. The van der Waals surface area contributed by atoms with Gasteiger partial charge in [-0.15, -0.1) is 0 Å². The molecule has 1 aliphatic rings. The fourth-order valence-corrected chi connectivity index (χ4v) is 3.91. The van der Waals surface area contributed by atoms with E-state index < -0.39 is 23.2 Å². The lowest BCUT2D eigenvalue weighted by molar-refractivity contribution is -0.118. The van der Waals surface area contributed by atoms with Gasteiger partial charge in [0.05, 0.1) is 6.54 Å². The van der Waals surface area contributed by atoms with Crippen LogP contribution in [0.1, 0.15) is 59.8 Å². The molecule has 0 aromatic carbocycles. The summed E-state index contributed by atoms with van der Waals surface area (Å²) in [5.74, 6) is -0.297. The first-order chi connectivity index (χ1) is 14.6. The van der Waals surface area contributed by atoms with Crippen LogP contribution >= 0.6 is 0 Å². The zero-order valence-corrected chi connectivity index (χ0v) is 19.0. The number of hydrogen-bond donors (Lipinski definition) is 4. The van der Waals surface area contributed by atoms with Gasteiger partial charge in [0.1, 0.15) is 11.5 Å². The zero-order valence-electron chi connectivity index (χ0n) is 19.0. The molecule has 0 atom stereocenters. The van der Waals surface area contributed by atoms with E-state index in [4.69, 9.17) is 5.73 Å². The topological polar surface area (TPSA) is 142 Å². The maximum Gasteiger partial charge on any atom is 0.330 e. The molecule has 1 aromatic rings. The standard InChI is InChI=1S/C21H36N6O4/c1-13(2)10-26(12-16(28)24-20(30)23-15-8-6-5-7-9-15)17-18(22)27(11-14(3)4)21(31)25-19(17)29/h13-15H,5-12,22H2,1-4H3,(H,25,29,31)(H2,23,24,28,30). The number of nitrogens with one attached hydrogen (secondary N) is 3. The number of amides is 3. The van der Waals surface area contributed by atoms with Crippen molar-refractivity contribution < 1.29 is 9.59 Å². The molecule has 1 fully saturated rings. The molecule has 1 saturated carbocycles.